The summed E-state index contributed by atoms with van der Waals surface area (Å²) in [4.78, 5) is 0. The second kappa shape index (κ2) is 5.89. The first-order valence-electron chi connectivity index (χ1n) is 6.88. The van der Waals surface area contributed by atoms with Crippen molar-refractivity contribution >= 4 is 34.2 Å². The van der Waals surface area contributed by atoms with Gasteiger partial charge in [-0.1, -0.05) is 36.7 Å². The third kappa shape index (κ3) is 2.74. The van der Waals surface area contributed by atoms with E-state index in [2.05, 4.69) is 10.2 Å². The fourth-order valence-electron chi connectivity index (χ4n) is 2.41. The zero-order chi connectivity index (χ0) is 15.7. The van der Waals surface area contributed by atoms with E-state index in [0.717, 1.165) is 23.1 Å². The second-order valence-corrected chi connectivity index (χ2v) is 5.37. The number of allylic oxidation sites excluding steroid dienone is 1. The number of benzene rings is 2. The Morgan fingerprint density at radius 3 is 2.77 bits per heavy atom. The molecule has 1 N–H and O–H groups in total. The largest absolute Gasteiger partial charge is 0.252 e. The van der Waals surface area contributed by atoms with Gasteiger partial charge in [0.1, 0.15) is 5.82 Å². The molecule has 0 bridgehead atoms. The predicted octanol–water partition coefficient (Wildman–Crippen LogP) is 5.45. The lowest BCUT2D eigenvalue weighted by Crippen LogP contribution is -1.87. The number of halogens is 3. The summed E-state index contributed by atoms with van der Waals surface area (Å²) in [7, 11) is 0. The van der Waals surface area contributed by atoms with Crippen LogP contribution in [0.25, 0.3) is 22.6 Å². The van der Waals surface area contributed by atoms with Crippen LogP contribution in [0, 0.1) is 11.8 Å². The van der Waals surface area contributed by atoms with Crippen LogP contribution in [0.2, 0.25) is 5.02 Å². The minimum atomic E-state index is -0.455. The Kier molecular flexibility index (Phi) is 3.94. The van der Waals surface area contributed by atoms with Crippen molar-refractivity contribution in [2.45, 2.75) is 13.3 Å². The molecule has 112 valence electrons. The maximum absolute atomic E-state index is 13.6. The topological polar surface area (TPSA) is 28.7 Å². The summed E-state index contributed by atoms with van der Waals surface area (Å²) in [5, 5.41) is 6.98. The summed E-state index contributed by atoms with van der Waals surface area (Å²) < 4.78 is 26.7. The molecule has 0 saturated carbocycles. The third-order valence-electron chi connectivity index (χ3n) is 3.53. The number of hydrogen-bond donors (Lipinski definition) is 1. The van der Waals surface area contributed by atoms with Gasteiger partial charge in [-0.25, -0.2) is 4.39 Å². The van der Waals surface area contributed by atoms with Crippen molar-refractivity contribution in [2.75, 3.05) is 0 Å². The van der Waals surface area contributed by atoms with Gasteiger partial charge in [-0.15, -0.1) is 0 Å². The molecule has 0 aliphatic rings. The molecule has 0 saturated heterocycles. The summed E-state index contributed by atoms with van der Waals surface area (Å²) in [6.45, 7) is 1.99. The van der Waals surface area contributed by atoms with E-state index in [0.29, 0.717) is 15.9 Å². The van der Waals surface area contributed by atoms with E-state index in [1.54, 1.807) is 18.2 Å². The first kappa shape index (κ1) is 14.7. The molecule has 3 rings (SSSR count). The Morgan fingerprint density at radius 1 is 1.23 bits per heavy atom. The molecule has 0 unspecified atom stereocenters. The summed E-state index contributed by atoms with van der Waals surface area (Å²) in [5.41, 5.74) is 3.14. The average molecular weight is 319 g/mol. The molecule has 0 amide bonds. The predicted molar refractivity (Wildman–Crippen MR) is 85.6 cm³/mol. The minimum absolute atomic E-state index is 0.365. The zero-order valence-electron chi connectivity index (χ0n) is 11.8. The zero-order valence-corrected chi connectivity index (χ0v) is 12.6. The molecule has 2 nitrogen and oxygen atoms in total. The quantitative estimate of drug-likeness (QED) is 0.639. The molecule has 2 aromatic carbocycles. The minimum Gasteiger partial charge on any atom is -0.252 e. The Labute approximate surface area is 131 Å². The Bertz CT molecular complexity index is 868. The van der Waals surface area contributed by atoms with Crippen molar-refractivity contribution in [3.63, 3.8) is 0 Å². The standard InChI is InChI=1S/C17H13ClF2N2/c1-2-11(13-5-4-12(19)9-15(13)18)7-10-3-6-16-14(8-10)17(20)22-21-16/h3-9H,2H2,1H3,(H,21,22)/b11-7+. The van der Waals surface area contributed by atoms with Crippen LogP contribution in [0.15, 0.2) is 36.4 Å². The first-order chi connectivity index (χ1) is 10.6. The number of hydrogen-bond acceptors (Lipinski definition) is 1. The lowest BCUT2D eigenvalue weighted by atomic mass is 10.00. The lowest BCUT2D eigenvalue weighted by Gasteiger charge is -2.08. The van der Waals surface area contributed by atoms with Crippen LogP contribution in [0.3, 0.4) is 0 Å². The van der Waals surface area contributed by atoms with Gasteiger partial charge >= 0.3 is 0 Å². The number of nitrogens with one attached hydrogen (secondary N) is 1. The smallest absolute Gasteiger partial charge is 0.216 e. The van der Waals surface area contributed by atoms with Crippen molar-refractivity contribution < 1.29 is 8.78 Å². The van der Waals surface area contributed by atoms with Crippen LogP contribution < -0.4 is 0 Å². The molecule has 1 heterocycles. The normalized spacial score (nSPS) is 12.1. The van der Waals surface area contributed by atoms with Gasteiger partial charge in [0.25, 0.3) is 0 Å². The molecule has 3 aromatic rings. The summed E-state index contributed by atoms with van der Waals surface area (Å²) in [6, 6.07) is 9.66. The van der Waals surface area contributed by atoms with Gasteiger partial charge in [0.2, 0.25) is 5.95 Å². The average Bonchev–Trinajstić information content (AvgIpc) is 2.86. The fourth-order valence-corrected chi connectivity index (χ4v) is 2.70. The number of aromatic amines is 1. The van der Waals surface area contributed by atoms with E-state index < -0.39 is 5.95 Å². The van der Waals surface area contributed by atoms with E-state index in [4.69, 9.17) is 11.6 Å². The number of rotatable bonds is 3. The van der Waals surface area contributed by atoms with E-state index in [1.807, 2.05) is 19.1 Å². The van der Waals surface area contributed by atoms with Gasteiger partial charge in [0.05, 0.1) is 15.9 Å². The third-order valence-corrected chi connectivity index (χ3v) is 3.84. The highest BCUT2D eigenvalue weighted by Crippen LogP contribution is 2.29. The Hall–Kier alpha value is -2.20. The van der Waals surface area contributed by atoms with Gasteiger partial charge < -0.3 is 0 Å². The molecular weight excluding hydrogens is 306 g/mol. The SMILES string of the molecule is CC/C(=C\c1ccc2n[nH]c(F)c2c1)c1ccc(F)cc1Cl. The molecule has 0 aliphatic carbocycles. The second-order valence-electron chi connectivity index (χ2n) is 4.96. The molecule has 0 spiro atoms. The highest BCUT2D eigenvalue weighted by molar-refractivity contribution is 6.32. The van der Waals surface area contributed by atoms with Crippen LogP contribution in [-0.4, -0.2) is 10.2 Å². The number of H-pyrrole nitrogens is 1. The number of fused-ring (bicyclic) bond motifs is 1. The molecule has 0 fully saturated rings. The maximum atomic E-state index is 13.6. The van der Waals surface area contributed by atoms with Crippen molar-refractivity contribution in [3.8, 4) is 0 Å². The van der Waals surface area contributed by atoms with E-state index >= 15 is 0 Å². The van der Waals surface area contributed by atoms with Crippen LogP contribution >= 0.6 is 11.6 Å². The summed E-state index contributed by atoms with van der Waals surface area (Å²) >= 11 is 6.12. The van der Waals surface area contributed by atoms with Crippen LogP contribution in [0.1, 0.15) is 24.5 Å². The van der Waals surface area contributed by atoms with Crippen LogP contribution in [0.4, 0.5) is 8.78 Å². The number of aromatic nitrogens is 2. The number of nitrogens with zero attached hydrogens (tertiary/aromatic N) is 1. The molecule has 0 atom stereocenters. The Morgan fingerprint density at radius 2 is 2.05 bits per heavy atom. The van der Waals surface area contributed by atoms with Crippen LogP contribution in [-0.2, 0) is 0 Å². The van der Waals surface area contributed by atoms with E-state index in [9.17, 15) is 8.78 Å². The van der Waals surface area contributed by atoms with Crippen LogP contribution in [0.5, 0.6) is 0 Å². The van der Waals surface area contributed by atoms with Gasteiger partial charge in [0.15, 0.2) is 0 Å². The first-order valence-corrected chi connectivity index (χ1v) is 7.26. The maximum Gasteiger partial charge on any atom is 0.216 e. The monoisotopic (exact) mass is 318 g/mol. The van der Waals surface area contributed by atoms with Crippen molar-refractivity contribution in [2.24, 2.45) is 0 Å². The molecule has 5 heteroatoms. The Balaban J connectivity index is 2.07. The van der Waals surface area contributed by atoms with Gasteiger partial charge in [-0.2, -0.15) is 9.49 Å². The van der Waals surface area contributed by atoms with E-state index in [1.165, 1.54) is 12.1 Å². The van der Waals surface area contributed by atoms with Gasteiger partial charge in [-0.05, 0) is 47.4 Å². The van der Waals surface area contributed by atoms with Crippen molar-refractivity contribution in [3.05, 3.63) is 64.3 Å². The van der Waals surface area contributed by atoms with E-state index in [-0.39, 0.29) is 5.82 Å². The lowest BCUT2D eigenvalue weighted by molar-refractivity contribution is 0.588. The summed E-state index contributed by atoms with van der Waals surface area (Å²) in [5.74, 6) is -0.825. The molecule has 1 aromatic heterocycles. The molecular formula is C17H13ClF2N2. The molecule has 22 heavy (non-hydrogen) atoms. The molecule has 0 aliphatic heterocycles. The van der Waals surface area contributed by atoms with Crippen molar-refractivity contribution in [1.29, 1.82) is 0 Å². The fraction of sp³-hybridized carbons (Fsp3) is 0.118. The summed E-state index contributed by atoms with van der Waals surface area (Å²) in [6.07, 6.45) is 2.64. The van der Waals surface area contributed by atoms with Gasteiger partial charge in [-0.3, -0.25) is 5.10 Å². The van der Waals surface area contributed by atoms with Crippen molar-refractivity contribution in [1.82, 2.24) is 10.2 Å². The van der Waals surface area contributed by atoms with Gasteiger partial charge in [0, 0.05) is 0 Å². The molecule has 0 radical (unpaired) electrons. The highest BCUT2D eigenvalue weighted by Gasteiger charge is 2.08. The highest BCUT2D eigenvalue weighted by atomic mass is 35.5.